The minimum atomic E-state index is -0.644. The van der Waals surface area contributed by atoms with Crippen molar-refractivity contribution >= 4 is 11.9 Å². The predicted molar refractivity (Wildman–Crippen MR) is 144 cm³/mol. The standard InChI is InChI=1S/C31H56O4/c1-22(2)31(19-13-12-14-20-31)35-25(32)28(8,9)24(4)23(3)21-30(11,27(5,6)7)26(33)34-29(10)17-15-16-18-29/h22-24H,12-21H2,1-11H3. The molecule has 0 aliphatic heterocycles. The second-order valence-corrected chi connectivity index (χ2v) is 14.5. The summed E-state index contributed by atoms with van der Waals surface area (Å²) < 4.78 is 12.6. The lowest BCUT2D eigenvalue weighted by atomic mass is 9.60. The molecule has 0 heterocycles. The van der Waals surface area contributed by atoms with Gasteiger partial charge in [0.2, 0.25) is 0 Å². The van der Waals surface area contributed by atoms with Gasteiger partial charge in [-0.25, -0.2) is 0 Å². The van der Waals surface area contributed by atoms with Crippen LogP contribution in [-0.2, 0) is 19.1 Å². The Hall–Kier alpha value is -1.06. The topological polar surface area (TPSA) is 52.6 Å². The molecule has 35 heavy (non-hydrogen) atoms. The number of hydrogen-bond acceptors (Lipinski definition) is 4. The largest absolute Gasteiger partial charge is 0.459 e. The fourth-order valence-corrected chi connectivity index (χ4v) is 6.24. The molecule has 2 saturated carbocycles. The van der Waals surface area contributed by atoms with Crippen LogP contribution >= 0.6 is 0 Å². The van der Waals surface area contributed by atoms with Crippen molar-refractivity contribution in [2.75, 3.05) is 0 Å². The average Bonchev–Trinajstić information content (AvgIpc) is 3.18. The lowest BCUT2D eigenvalue weighted by Gasteiger charge is -2.46. The van der Waals surface area contributed by atoms with Crippen LogP contribution < -0.4 is 0 Å². The van der Waals surface area contributed by atoms with Gasteiger partial charge in [-0.15, -0.1) is 0 Å². The lowest BCUT2D eigenvalue weighted by Crippen LogP contribution is -2.49. The normalized spacial score (nSPS) is 23.9. The molecule has 2 aliphatic carbocycles. The maximum atomic E-state index is 13.7. The molecule has 2 rings (SSSR count). The van der Waals surface area contributed by atoms with Gasteiger partial charge >= 0.3 is 11.9 Å². The van der Waals surface area contributed by atoms with Gasteiger partial charge in [0.25, 0.3) is 0 Å². The van der Waals surface area contributed by atoms with Gasteiger partial charge in [-0.2, -0.15) is 0 Å². The number of carbonyl (C=O) groups is 2. The van der Waals surface area contributed by atoms with Crippen molar-refractivity contribution in [2.45, 2.75) is 152 Å². The fraction of sp³-hybridized carbons (Fsp3) is 0.935. The van der Waals surface area contributed by atoms with Crippen LogP contribution in [0.3, 0.4) is 0 Å². The Labute approximate surface area is 216 Å². The molecule has 0 N–H and O–H groups in total. The molecule has 0 aromatic heterocycles. The first kappa shape index (κ1) is 30.2. The first-order chi connectivity index (χ1) is 15.9. The Morgan fingerprint density at radius 2 is 1.23 bits per heavy atom. The zero-order chi connectivity index (χ0) is 26.9. The smallest absolute Gasteiger partial charge is 0.312 e. The number of carbonyl (C=O) groups excluding carboxylic acids is 2. The van der Waals surface area contributed by atoms with E-state index in [4.69, 9.17) is 9.47 Å². The molecule has 0 bridgehead atoms. The third kappa shape index (κ3) is 6.45. The monoisotopic (exact) mass is 492 g/mol. The second-order valence-electron chi connectivity index (χ2n) is 14.5. The SMILES string of the molecule is CC(CC(C)(C(=O)OC1(C)CCCC1)C(C)(C)C)C(C)C(C)(C)C(=O)OC1(C(C)C)CCCCC1. The molecular weight excluding hydrogens is 436 g/mol. The summed E-state index contributed by atoms with van der Waals surface area (Å²) in [5.74, 6) is 0.332. The van der Waals surface area contributed by atoms with Crippen molar-refractivity contribution in [3.63, 3.8) is 0 Å². The highest BCUT2D eigenvalue weighted by atomic mass is 16.6. The minimum absolute atomic E-state index is 0.0549. The first-order valence-corrected chi connectivity index (χ1v) is 14.4. The Morgan fingerprint density at radius 1 is 0.743 bits per heavy atom. The van der Waals surface area contributed by atoms with Crippen molar-refractivity contribution in [1.82, 2.24) is 0 Å². The molecule has 0 saturated heterocycles. The van der Waals surface area contributed by atoms with Crippen LogP contribution in [0.15, 0.2) is 0 Å². The molecule has 204 valence electrons. The van der Waals surface area contributed by atoms with Gasteiger partial charge in [0, 0.05) is 0 Å². The third-order valence-corrected chi connectivity index (χ3v) is 10.4. The van der Waals surface area contributed by atoms with Gasteiger partial charge in [0.15, 0.2) is 0 Å². The van der Waals surface area contributed by atoms with Gasteiger partial charge in [-0.05, 0) is 109 Å². The fourth-order valence-electron chi connectivity index (χ4n) is 6.24. The van der Waals surface area contributed by atoms with Crippen LogP contribution in [0.4, 0.5) is 0 Å². The first-order valence-electron chi connectivity index (χ1n) is 14.4. The van der Waals surface area contributed by atoms with Crippen molar-refractivity contribution in [1.29, 1.82) is 0 Å². The predicted octanol–water partition coefficient (Wildman–Crippen LogP) is 8.51. The van der Waals surface area contributed by atoms with E-state index in [9.17, 15) is 9.59 Å². The third-order valence-electron chi connectivity index (χ3n) is 10.4. The van der Waals surface area contributed by atoms with Gasteiger partial charge in [-0.1, -0.05) is 54.9 Å². The summed E-state index contributed by atoms with van der Waals surface area (Å²) >= 11 is 0. The zero-order valence-electron chi connectivity index (χ0n) is 24.9. The van der Waals surface area contributed by atoms with Crippen molar-refractivity contribution < 1.29 is 19.1 Å². The average molecular weight is 493 g/mol. The van der Waals surface area contributed by atoms with Crippen molar-refractivity contribution in [2.24, 2.45) is 34.0 Å². The van der Waals surface area contributed by atoms with E-state index in [1.165, 1.54) is 6.42 Å². The summed E-state index contributed by atoms with van der Waals surface area (Å²) in [6.45, 7) is 23.3. The maximum absolute atomic E-state index is 13.7. The Balaban J connectivity index is 2.20. The minimum Gasteiger partial charge on any atom is -0.459 e. The summed E-state index contributed by atoms with van der Waals surface area (Å²) in [5.41, 5.74) is -2.22. The van der Waals surface area contributed by atoms with E-state index in [2.05, 4.69) is 62.3 Å². The van der Waals surface area contributed by atoms with E-state index in [-0.39, 0.29) is 40.4 Å². The summed E-state index contributed by atoms with van der Waals surface area (Å²) in [6.07, 6.45) is 10.2. The van der Waals surface area contributed by atoms with Crippen molar-refractivity contribution in [3.8, 4) is 0 Å². The molecule has 2 fully saturated rings. The number of hydrogen-bond donors (Lipinski definition) is 0. The molecule has 4 nitrogen and oxygen atoms in total. The van der Waals surface area contributed by atoms with E-state index in [1.807, 2.05) is 13.8 Å². The van der Waals surface area contributed by atoms with Crippen LogP contribution in [0, 0.1) is 34.0 Å². The van der Waals surface area contributed by atoms with Crippen LogP contribution in [-0.4, -0.2) is 23.1 Å². The second kappa shape index (κ2) is 10.7. The highest BCUT2D eigenvalue weighted by Gasteiger charge is 2.51. The molecule has 0 spiro atoms. The molecule has 3 atom stereocenters. The molecule has 0 amide bonds. The molecule has 3 unspecified atom stereocenters. The summed E-state index contributed by atoms with van der Waals surface area (Å²) in [4.78, 5) is 27.3. The van der Waals surface area contributed by atoms with Gasteiger partial charge in [0.1, 0.15) is 11.2 Å². The van der Waals surface area contributed by atoms with Crippen LogP contribution in [0.5, 0.6) is 0 Å². The molecule has 4 heteroatoms. The highest BCUT2D eigenvalue weighted by molar-refractivity contribution is 5.78. The van der Waals surface area contributed by atoms with E-state index < -0.39 is 10.8 Å². The van der Waals surface area contributed by atoms with E-state index in [0.29, 0.717) is 12.3 Å². The van der Waals surface area contributed by atoms with E-state index >= 15 is 0 Å². The Kier molecular flexibility index (Phi) is 9.26. The maximum Gasteiger partial charge on any atom is 0.312 e. The molecule has 0 aromatic rings. The number of ether oxygens (including phenoxy) is 2. The molecular formula is C31H56O4. The van der Waals surface area contributed by atoms with Crippen LogP contribution in [0.25, 0.3) is 0 Å². The molecule has 2 aliphatic rings. The molecule has 0 aromatic carbocycles. The van der Waals surface area contributed by atoms with Crippen molar-refractivity contribution in [3.05, 3.63) is 0 Å². The summed E-state index contributed by atoms with van der Waals surface area (Å²) in [7, 11) is 0. The van der Waals surface area contributed by atoms with E-state index in [0.717, 1.165) is 51.4 Å². The molecule has 0 radical (unpaired) electrons. The highest BCUT2D eigenvalue weighted by Crippen LogP contribution is 2.50. The Bertz CT molecular complexity index is 732. The summed E-state index contributed by atoms with van der Waals surface area (Å²) in [6, 6.07) is 0. The van der Waals surface area contributed by atoms with Gasteiger partial charge in [-0.3, -0.25) is 9.59 Å². The zero-order valence-corrected chi connectivity index (χ0v) is 24.9. The lowest BCUT2D eigenvalue weighted by molar-refractivity contribution is -0.185. The Morgan fingerprint density at radius 3 is 1.69 bits per heavy atom. The van der Waals surface area contributed by atoms with Crippen LogP contribution in [0.2, 0.25) is 0 Å². The summed E-state index contributed by atoms with van der Waals surface area (Å²) in [5, 5.41) is 0. The number of esters is 2. The van der Waals surface area contributed by atoms with Gasteiger partial charge in [0.05, 0.1) is 10.8 Å². The quantitative estimate of drug-likeness (QED) is 0.303. The van der Waals surface area contributed by atoms with Gasteiger partial charge < -0.3 is 9.47 Å². The van der Waals surface area contributed by atoms with E-state index in [1.54, 1.807) is 0 Å². The number of rotatable bonds is 9. The van der Waals surface area contributed by atoms with Crippen LogP contribution in [0.1, 0.15) is 140 Å².